The lowest BCUT2D eigenvalue weighted by Gasteiger charge is -2.35. The first-order chi connectivity index (χ1) is 17.1. The molecule has 1 aliphatic carbocycles. The van der Waals surface area contributed by atoms with Crippen molar-refractivity contribution in [3.05, 3.63) is 41.3 Å². The second-order valence-electron chi connectivity index (χ2n) is 9.78. The highest BCUT2D eigenvalue weighted by Crippen LogP contribution is 2.51. The third-order valence-corrected chi connectivity index (χ3v) is 10.3. The quantitative estimate of drug-likeness (QED) is 0.408. The van der Waals surface area contributed by atoms with Crippen molar-refractivity contribution in [3.8, 4) is 10.4 Å². The van der Waals surface area contributed by atoms with Gasteiger partial charge in [0, 0.05) is 40.8 Å². The van der Waals surface area contributed by atoms with Gasteiger partial charge in [-0.05, 0) is 74.1 Å². The van der Waals surface area contributed by atoms with E-state index >= 15 is 0 Å². The van der Waals surface area contributed by atoms with Gasteiger partial charge in [0.2, 0.25) is 11.8 Å². The molecule has 2 amide bonds. The maximum Gasteiger partial charge on any atom is 0.245 e. The van der Waals surface area contributed by atoms with Gasteiger partial charge in [-0.2, -0.15) is 0 Å². The number of anilines is 1. The number of hydroxylamine groups is 1. The summed E-state index contributed by atoms with van der Waals surface area (Å²) in [6.07, 6.45) is 9.37. The number of benzene rings is 1. The van der Waals surface area contributed by atoms with E-state index in [4.69, 9.17) is 9.57 Å². The number of thioether (sulfide) groups is 1. The molecule has 35 heavy (non-hydrogen) atoms. The number of hydrogen-bond acceptors (Lipinski definition) is 6. The average molecular weight is 515 g/mol. The molecule has 1 aromatic heterocycles. The first kappa shape index (κ1) is 24.8. The van der Waals surface area contributed by atoms with E-state index in [1.165, 1.54) is 11.3 Å². The lowest BCUT2D eigenvalue weighted by Crippen LogP contribution is -2.37. The Kier molecular flexibility index (Phi) is 8.12. The highest BCUT2D eigenvalue weighted by Gasteiger charge is 2.38. The minimum Gasteiger partial charge on any atom is -0.350 e. The summed E-state index contributed by atoms with van der Waals surface area (Å²) < 4.78 is 5.33. The summed E-state index contributed by atoms with van der Waals surface area (Å²) in [6, 6.07) is 12.4. The molecule has 2 aromatic rings. The fourth-order valence-corrected chi connectivity index (χ4v) is 7.79. The predicted octanol–water partition coefficient (Wildman–Crippen LogP) is 6.23. The van der Waals surface area contributed by atoms with Gasteiger partial charge in [0.15, 0.2) is 6.29 Å². The largest absolute Gasteiger partial charge is 0.350 e. The number of hydrogen-bond donors (Lipinski definition) is 2. The van der Waals surface area contributed by atoms with Crippen molar-refractivity contribution in [2.75, 3.05) is 17.7 Å². The molecule has 2 N–H and O–H groups in total. The van der Waals surface area contributed by atoms with E-state index in [0.29, 0.717) is 13.0 Å². The van der Waals surface area contributed by atoms with Crippen LogP contribution in [0.3, 0.4) is 0 Å². The van der Waals surface area contributed by atoms with Crippen molar-refractivity contribution < 1.29 is 19.2 Å². The Morgan fingerprint density at radius 3 is 2.71 bits per heavy atom. The molecule has 0 radical (unpaired) electrons. The van der Waals surface area contributed by atoms with Crippen LogP contribution in [0.2, 0.25) is 0 Å². The Bertz CT molecular complexity index is 1020. The molecular weight excluding hydrogens is 480 g/mol. The van der Waals surface area contributed by atoms with Gasteiger partial charge in [-0.3, -0.25) is 9.59 Å². The smallest absolute Gasteiger partial charge is 0.245 e. The number of carbonyl (C=O) groups excluding carboxylic acids is 2. The van der Waals surface area contributed by atoms with Crippen LogP contribution in [0, 0.1) is 5.92 Å². The van der Waals surface area contributed by atoms with Gasteiger partial charge in [0.25, 0.3) is 0 Å². The van der Waals surface area contributed by atoms with Gasteiger partial charge in [-0.15, -0.1) is 23.1 Å². The van der Waals surface area contributed by atoms with E-state index < -0.39 is 0 Å². The molecule has 3 aliphatic rings. The van der Waals surface area contributed by atoms with Gasteiger partial charge in [-0.1, -0.05) is 25.0 Å². The van der Waals surface area contributed by atoms with Crippen LogP contribution in [0.4, 0.5) is 5.69 Å². The van der Waals surface area contributed by atoms with Gasteiger partial charge < -0.3 is 10.1 Å². The average Bonchev–Trinajstić information content (AvgIpc) is 3.34. The van der Waals surface area contributed by atoms with Gasteiger partial charge in [-0.25, -0.2) is 10.3 Å². The second-order valence-corrected chi connectivity index (χ2v) is 12.3. The van der Waals surface area contributed by atoms with Crippen molar-refractivity contribution in [1.29, 1.82) is 0 Å². The molecule has 1 aromatic carbocycles. The molecule has 0 bridgehead atoms. The van der Waals surface area contributed by atoms with E-state index in [9.17, 15) is 9.59 Å². The fourth-order valence-electron chi connectivity index (χ4n) is 4.91. The van der Waals surface area contributed by atoms with Crippen molar-refractivity contribution >= 4 is 40.6 Å². The first-order valence-electron chi connectivity index (χ1n) is 12.8. The van der Waals surface area contributed by atoms with Crippen molar-refractivity contribution in [3.63, 3.8) is 0 Å². The predicted molar refractivity (Wildman–Crippen MR) is 141 cm³/mol. The SMILES string of the molecule is O=C(C[C@]1(c2ccc(-c3cccc(NC(=O)C4CCC4)c3)s2)CCCCS1)NOC1CCCCO1. The topological polar surface area (TPSA) is 76.7 Å². The molecule has 3 heterocycles. The summed E-state index contributed by atoms with van der Waals surface area (Å²) in [4.78, 5) is 33.2. The molecule has 3 fully saturated rings. The van der Waals surface area contributed by atoms with E-state index in [0.717, 1.165) is 73.2 Å². The monoisotopic (exact) mass is 514 g/mol. The molecule has 8 heteroatoms. The molecule has 1 saturated carbocycles. The number of nitrogens with one attached hydrogen (secondary N) is 2. The molecule has 6 nitrogen and oxygen atoms in total. The standard InChI is InChI=1S/C27H34N2O4S2/c30-24(29-33-25-11-1-3-15-32-25)18-27(14-2-4-16-34-27)23-13-12-22(35-23)20-9-6-10-21(17-20)28-26(31)19-7-5-8-19/h6,9-10,12-13,17,19,25H,1-5,7-8,11,14-16,18H2,(H,28,31)(H,29,30)/t25?,27-/m0/s1. The molecule has 5 rings (SSSR count). The molecule has 2 aliphatic heterocycles. The zero-order valence-corrected chi connectivity index (χ0v) is 21.7. The number of carbonyl (C=O) groups is 2. The summed E-state index contributed by atoms with van der Waals surface area (Å²) in [5.74, 6) is 1.25. The second kappa shape index (κ2) is 11.5. The Morgan fingerprint density at radius 2 is 1.97 bits per heavy atom. The molecule has 1 unspecified atom stereocenters. The zero-order valence-electron chi connectivity index (χ0n) is 20.1. The third-order valence-electron chi connectivity index (χ3n) is 7.19. The highest BCUT2D eigenvalue weighted by molar-refractivity contribution is 8.00. The van der Waals surface area contributed by atoms with Crippen molar-refractivity contribution in [1.82, 2.24) is 5.48 Å². The van der Waals surface area contributed by atoms with Gasteiger partial charge in [0.05, 0.1) is 4.75 Å². The minimum atomic E-state index is -0.340. The number of amides is 2. The van der Waals surface area contributed by atoms with Crippen LogP contribution in [0.15, 0.2) is 36.4 Å². The van der Waals surface area contributed by atoms with Crippen LogP contribution in [0.1, 0.15) is 69.1 Å². The minimum absolute atomic E-state index is 0.0933. The van der Waals surface area contributed by atoms with Crippen molar-refractivity contribution in [2.24, 2.45) is 5.92 Å². The number of ether oxygens (including phenoxy) is 1. The normalized spacial score (nSPS) is 25.0. The molecule has 2 saturated heterocycles. The lowest BCUT2D eigenvalue weighted by molar-refractivity contribution is -0.200. The van der Waals surface area contributed by atoms with E-state index in [-0.39, 0.29) is 28.8 Å². The van der Waals surface area contributed by atoms with Crippen LogP contribution in [-0.2, 0) is 23.9 Å². The highest BCUT2D eigenvalue weighted by atomic mass is 32.2. The fraction of sp³-hybridized carbons (Fsp3) is 0.556. The van der Waals surface area contributed by atoms with E-state index in [2.05, 4.69) is 35.1 Å². The Morgan fingerprint density at radius 1 is 1.06 bits per heavy atom. The zero-order chi connectivity index (χ0) is 24.1. The summed E-state index contributed by atoms with van der Waals surface area (Å²) in [5, 5.41) is 3.08. The molecular formula is C27H34N2O4S2. The maximum absolute atomic E-state index is 12.9. The summed E-state index contributed by atoms with van der Waals surface area (Å²) >= 11 is 3.64. The lowest BCUT2D eigenvalue weighted by atomic mass is 9.85. The molecule has 188 valence electrons. The van der Waals surface area contributed by atoms with E-state index in [1.54, 1.807) is 11.3 Å². The Labute approximate surface area is 215 Å². The van der Waals surface area contributed by atoms with Crippen LogP contribution in [0.5, 0.6) is 0 Å². The van der Waals surface area contributed by atoms with E-state index in [1.807, 2.05) is 23.9 Å². The van der Waals surface area contributed by atoms with Gasteiger partial charge >= 0.3 is 0 Å². The Balaban J connectivity index is 1.27. The first-order valence-corrected chi connectivity index (χ1v) is 14.6. The number of thiophene rings is 1. The third kappa shape index (κ3) is 6.10. The Hall–Kier alpha value is -1.87. The van der Waals surface area contributed by atoms with Crippen LogP contribution < -0.4 is 10.8 Å². The molecule has 0 spiro atoms. The van der Waals surface area contributed by atoms with Crippen LogP contribution >= 0.6 is 23.1 Å². The van der Waals surface area contributed by atoms with Crippen LogP contribution in [0.25, 0.3) is 10.4 Å². The van der Waals surface area contributed by atoms with Gasteiger partial charge in [0.1, 0.15) is 0 Å². The summed E-state index contributed by atoms with van der Waals surface area (Å²) in [7, 11) is 0. The van der Waals surface area contributed by atoms with Crippen LogP contribution in [-0.4, -0.2) is 30.5 Å². The number of rotatable bonds is 8. The summed E-state index contributed by atoms with van der Waals surface area (Å²) in [5.41, 5.74) is 4.60. The van der Waals surface area contributed by atoms with Crippen molar-refractivity contribution in [2.45, 2.75) is 75.2 Å². The molecule has 2 atom stereocenters. The maximum atomic E-state index is 12.9. The summed E-state index contributed by atoms with van der Waals surface area (Å²) in [6.45, 7) is 0.684.